The van der Waals surface area contributed by atoms with Crippen LogP contribution < -0.4 is 16.2 Å². The fourth-order valence-corrected chi connectivity index (χ4v) is 3.49. The first kappa shape index (κ1) is 28.1. The first-order valence-corrected chi connectivity index (χ1v) is 11.1. The number of nitrogens with two attached hydrogens (primary N) is 2. The van der Waals surface area contributed by atoms with Gasteiger partial charge in [-0.25, -0.2) is 14.6 Å². The van der Waals surface area contributed by atoms with E-state index in [-0.39, 0.29) is 18.1 Å². The first-order valence-electron chi connectivity index (χ1n) is 7.56. The smallest absolute Gasteiger partial charge is 0.478 e. The molecule has 31 heavy (non-hydrogen) atoms. The van der Waals surface area contributed by atoms with Crippen molar-refractivity contribution in [3.8, 4) is 0 Å². The highest BCUT2D eigenvalue weighted by Crippen LogP contribution is 2.23. The lowest BCUT2D eigenvalue weighted by Gasteiger charge is -2.10. The molecule has 0 spiro atoms. The van der Waals surface area contributed by atoms with E-state index in [9.17, 15) is 31.2 Å². The second-order valence-electron chi connectivity index (χ2n) is 5.00. The highest BCUT2D eigenvalue weighted by atomic mass is 32.2. The third-order valence-corrected chi connectivity index (χ3v) is 5.34. The molecule has 174 valence electrons. The van der Waals surface area contributed by atoms with Crippen LogP contribution in [0.25, 0.3) is 0 Å². The summed E-state index contributed by atoms with van der Waals surface area (Å²) in [5, 5.41) is 24.9. The molecular weight excluding hydrogens is 489 g/mol. The number of nitrogens with one attached hydrogen (secondary N) is 2. The fraction of sp³-hybridized carbons (Fsp3) is 0.308. The highest BCUT2D eigenvalue weighted by Gasteiger charge is 2.46. The zero-order valence-corrected chi connectivity index (χ0v) is 17.7. The van der Waals surface area contributed by atoms with E-state index in [1.165, 1.54) is 27.8 Å². The number of halogens is 3. The number of carboxylic acids is 2. The lowest BCUT2D eigenvalue weighted by Crippen LogP contribution is -2.40. The van der Waals surface area contributed by atoms with E-state index in [2.05, 4.69) is 9.98 Å². The molecule has 1 aromatic heterocycles. The summed E-state index contributed by atoms with van der Waals surface area (Å²) in [4.78, 5) is 27.0. The number of aliphatic carboxylic acids is 2. The maximum Gasteiger partial charge on any atom is 0.516 e. The monoisotopic (exact) mass is 506 g/mol. The van der Waals surface area contributed by atoms with Gasteiger partial charge in [0.05, 0.1) is 5.69 Å². The molecule has 0 saturated heterocycles. The Morgan fingerprint density at radius 2 is 1.84 bits per heavy atom. The number of hydrogen-bond donors (Lipinski definition) is 6. The Kier molecular flexibility index (Phi) is 11.6. The number of hydrogen-bond acceptors (Lipinski definition) is 9. The maximum atomic E-state index is 12.1. The summed E-state index contributed by atoms with van der Waals surface area (Å²) >= 11 is 2.50. The van der Waals surface area contributed by atoms with Crippen molar-refractivity contribution in [3.05, 3.63) is 23.2 Å². The van der Waals surface area contributed by atoms with Crippen molar-refractivity contribution in [2.24, 2.45) is 16.5 Å². The number of rotatable bonds is 9. The second kappa shape index (κ2) is 12.7. The zero-order chi connectivity index (χ0) is 24.2. The number of thiazole rings is 1. The minimum absolute atomic E-state index is 0.121. The van der Waals surface area contributed by atoms with Crippen molar-refractivity contribution in [1.29, 1.82) is 5.41 Å². The maximum absolute atomic E-state index is 12.1. The van der Waals surface area contributed by atoms with Crippen LogP contribution in [0.2, 0.25) is 0 Å². The van der Waals surface area contributed by atoms with Crippen molar-refractivity contribution < 1.29 is 41.4 Å². The van der Waals surface area contributed by atoms with Crippen LogP contribution in [0, 0.1) is 5.41 Å². The molecule has 0 aliphatic heterocycles. The molecule has 12 nitrogen and oxygen atoms in total. The Hall–Kier alpha value is -2.86. The number of sulfonamides is 1. The van der Waals surface area contributed by atoms with Gasteiger partial charge >= 0.3 is 27.5 Å². The number of thioether (sulfide) groups is 1. The van der Waals surface area contributed by atoms with Gasteiger partial charge in [-0.1, -0.05) is 0 Å². The van der Waals surface area contributed by atoms with Gasteiger partial charge in [0.15, 0.2) is 5.96 Å². The number of carboxylic acid groups (broad SMARTS) is 2. The van der Waals surface area contributed by atoms with E-state index >= 15 is 0 Å². The van der Waals surface area contributed by atoms with Crippen LogP contribution in [0.5, 0.6) is 0 Å². The first-order chi connectivity index (χ1) is 14.1. The van der Waals surface area contributed by atoms with Crippen LogP contribution in [0.1, 0.15) is 12.1 Å². The average Bonchev–Trinajstić information content (AvgIpc) is 3.02. The summed E-state index contributed by atoms with van der Waals surface area (Å²) in [7, 11) is -5.53. The van der Waals surface area contributed by atoms with Gasteiger partial charge in [-0.15, -0.1) is 11.3 Å². The summed E-state index contributed by atoms with van der Waals surface area (Å²) in [6.45, 7) is 0. The van der Waals surface area contributed by atoms with Crippen LogP contribution >= 0.6 is 23.1 Å². The van der Waals surface area contributed by atoms with Crippen LogP contribution in [0.3, 0.4) is 0 Å². The van der Waals surface area contributed by atoms with Gasteiger partial charge in [0.1, 0.15) is 5.84 Å². The highest BCUT2D eigenvalue weighted by molar-refractivity contribution is 7.98. The van der Waals surface area contributed by atoms with Crippen LogP contribution in [-0.4, -0.2) is 58.6 Å². The molecule has 1 rings (SSSR count). The van der Waals surface area contributed by atoms with Crippen molar-refractivity contribution in [3.63, 3.8) is 0 Å². The molecule has 0 atom stereocenters. The van der Waals surface area contributed by atoms with Gasteiger partial charge in [0, 0.05) is 35.5 Å². The third kappa shape index (κ3) is 13.1. The minimum Gasteiger partial charge on any atom is -0.478 e. The summed E-state index contributed by atoms with van der Waals surface area (Å²) in [5.74, 6) is -2.69. The van der Waals surface area contributed by atoms with Crippen LogP contribution in [0.15, 0.2) is 22.5 Å². The molecule has 0 unspecified atom stereocenters. The molecule has 0 bridgehead atoms. The third-order valence-electron chi connectivity index (χ3n) is 2.44. The predicted octanol–water partition coefficient (Wildman–Crippen LogP) is 0.800. The van der Waals surface area contributed by atoms with E-state index in [1.54, 1.807) is 5.38 Å². The van der Waals surface area contributed by atoms with Gasteiger partial charge in [0.2, 0.25) is 5.13 Å². The number of aliphatic imine (C=N–C) groups is 1. The van der Waals surface area contributed by atoms with Crippen molar-refractivity contribution >= 4 is 62.0 Å². The van der Waals surface area contributed by atoms with Crippen molar-refractivity contribution in [2.75, 3.05) is 5.75 Å². The molecule has 0 aliphatic carbocycles. The Bertz CT molecular complexity index is 925. The predicted molar refractivity (Wildman–Crippen MR) is 109 cm³/mol. The molecule has 1 heterocycles. The Balaban J connectivity index is 0.000000954. The second-order valence-corrected chi connectivity index (χ2v) is 8.62. The summed E-state index contributed by atoms with van der Waals surface area (Å²) in [5.41, 5.74) is 5.63. The molecule has 18 heteroatoms. The quantitative estimate of drug-likeness (QED) is 0.120. The topological polar surface area (TPSA) is 222 Å². The molecule has 0 radical (unpaired) electrons. The van der Waals surface area contributed by atoms with Crippen LogP contribution in [0.4, 0.5) is 18.3 Å². The van der Waals surface area contributed by atoms with Gasteiger partial charge in [-0.3, -0.25) is 10.1 Å². The van der Waals surface area contributed by atoms with E-state index in [0.717, 1.165) is 0 Å². The molecule has 0 saturated carbocycles. The lowest BCUT2D eigenvalue weighted by atomic mass is 10.5. The molecule has 0 amide bonds. The standard InChI is InChI=1S/C9H13F3N6O2S3.C4H4O4/c10-9(11,12)23(19,20)18-6(13)1-2-21-3-5-4-22-8(16-5)17-7(14)15;5-3(6)1-2-4(7)8/h4H,1-3H2,(H2,13,18)(H4,14,15,16,17);1-2H,(H,5,6)(H,7,8)/b;2-1-. The normalized spacial score (nSPS) is 11.3. The Morgan fingerprint density at radius 3 is 2.29 bits per heavy atom. The number of aromatic nitrogens is 1. The minimum atomic E-state index is -5.53. The Labute approximate surface area is 181 Å². The molecule has 0 fully saturated rings. The van der Waals surface area contributed by atoms with Gasteiger partial charge in [-0.05, 0) is 0 Å². The van der Waals surface area contributed by atoms with Gasteiger partial charge in [-0.2, -0.15) is 38.3 Å². The van der Waals surface area contributed by atoms with Crippen molar-refractivity contribution in [1.82, 2.24) is 9.71 Å². The number of guanidine groups is 1. The van der Waals surface area contributed by atoms with E-state index < -0.39 is 33.3 Å². The molecule has 1 aromatic rings. The lowest BCUT2D eigenvalue weighted by molar-refractivity contribution is -0.134. The van der Waals surface area contributed by atoms with E-state index in [0.29, 0.717) is 28.7 Å². The van der Waals surface area contributed by atoms with Gasteiger partial charge < -0.3 is 21.7 Å². The molecule has 8 N–H and O–H groups in total. The SMILES string of the molecule is N=C(CCSCc1csc(N=C(N)N)n1)NS(=O)(=O)C(F)(F)F.O=C(O)/C=C\C(=O)O. The number of nitrogens with zero attached hydrogens (tertiary/aromatic N) is 2. The summed E-state index contributed by atoms with van der Waals surface area (Å²) in [6.07, 6.45) is 0.954. The van der Waals surface area contributed by atoms with E-state index in [4.69, 9.17) is 27.1 Å². The van der Waals surface area contributed by atoms with Crippen molar-refractivity contribution in [2.45, 2.75) is 17.7 Å². The zero-order valence-electron chi connectivity index (χ0n) is 15.3. The molecule has 0 aromatic carbocycles. The number of amidine groups is 1. The van der Waals surface area contributed by atoms with Crippen LogP contribution in [-0.2, 0) is 25.4 Å². The summed E-state index contributed by atoms with van der Waals surface area (Å²) in [6, 6.07) is 0. The average molecular weight is 507 g/mol. The molecular formula is C13H17F3N6O6S3. The number of carbonyl (C=O) groups is 2. The van der Waals surface area contributed by atoms with E-state index in [1.807, 2.05) is 0 Å². The Morgan fingerprint density at radius 1 is 1.29 bits per heavy atom. The van der Waals surface area contributed by atoms with Gasteiger partial charge in [0.25, 0.3) is 0 Å². The number of alkyl halides is 3. The largest absolute Gasteiger partial charge is 0.516 e. The summed E-state index contributed by atoms with van der Waals surface area (Å²) < 4.78 is 59.1. The molecule has 0 aliphatic rings. The fourth-order valence-electron chi connectivity index (χ4n) is 1.29.